The molecule has 8 heteroatoms. The fourth-order valence-corrected chi connectivity index (χ4v) is 1.94. The Labute approximate surface area is 122 Å². The van der Waals surface area contributed by atoms with E-state index in [1.165, 1.54) is 25.2 Å². The van der Waals surface area contributed by atoms with Crippen molar-refractivity contribution < 1.29 is 13.2 Å². The Bertz CT molecular complexity index is 644. The highest BCUT2D eigenvalue weighted by Crippen LogP contribution is 2.35. The van der Waals surface area contributed by atoms with E-state index in [0.717, 1.165) is 0 Å². The van der Waals surface area contributed by atoms with Gasteiger partial charge >= 0.3 is 6.18 Å². The fourth-order valence-electron chi connectivity index (χ4n) is 1.54. The minimum Gasteiger partial charge on any atom is -0.373 e. The Morgan fingerprint density at radius 3 is 2.45 bits per heavy atom. The number of nitrogens with one attached hydrogen (secondary N) is 1. The Balaban J connectivity index is 2.65. The van der Waals surface area contributed by atoms with Crippen LogP contribution in [0.2, 0.25) is 10.0 Å². The van der Waals surface area contributed by atoms with Gasteiger partial charge in [0.25, 0.3) is 0 Å². The molecule has 2 aromatic rings. The van der Waals surface area contributed by atoms with Crippen molar-refractivity contribution >= 4 is 29.0 Å². The van der Waals surface area contributed by atoms with Crippen LogP contribution in [0.5, 0.6) is 0 Å². The molecule has 1 aromatic carbocycles. The van der Waals surface area contributed by atoms with Gasteiger partial charge in [-0.25, -0.2) is 9.97 Å². The van der Waals surface area contributed by atoms with E-state index in [0.29, 0.717) is 5.56 Å². The Hall–Kier alpha value is -1.53. The van der Waals surface area contributed by atoms with Crippen molar-refractivity contribution in [1.82, 2.24) is 9.97 Å². The highest BCUT2D eigenvalue weighted by molar-refractivity contribution is 6.43. The second kappa shape index (κ2) is 5.46. The zero-order valence-corrected chi connectivity index (χ0v) is 11.6. The van der Waals surface area contributed by atoms with Crippen molar-refractivity contribution in [2.24, 2.45) is 0 Å². The molecule has 1 N–H and O–H groups in total. The van der Waals surface area contributed by atoms with Crippen LogP contribution in [0.15, 0.2) is 24.3 Å². The summed E-state index contributed by atoms with van der Waals surface area (Å²) in [6, 6.07) is 6.03. The van der Waals surface area contributed by atoms with E-state index in [1.807, 2.05) is 0 Å². The van der Waals surface area contributed by atoms with Gasteiger partial charge in [0, 0.05) is 18.7 Å². The predicted molar refractivity (Wildman–Crippen MR) is 72.0 cm³/mol. The average molecular weight is 322 g/mol. The lowest BCUT2D eigenvalue weighted by atomic mass is 10.1. The molecule has 0 aliphatic carbocycles. The molecule has 0 radical (unpaired) electrons. The SMILES string of the molecule is CNc1cc(-c2cccc(Cl)c2Cl)nc(C(F)(F)F)n1. The molecular formula is C12H8Cl2F3N3. The first-order valence-electron chi connectivity index (χ1n) is 5.41. The summed E-state index contributed by atoms with van der Waals surface area (Å²) in [6.07, 6.45) is -4.65. The van der Waals surface area contributed by atoms with Crippen molar-refractivity contribution in [1.29, 1.82) is 0 Å². The third kappa shape index (κ3) is 2.96. The minimum atomic E-state index is -4.65. The number of anilines is 1. The number of rotatable bonds is 2. The summed E-state index contributed by atoms with van der Waals surface area (Å²) < 4.78 is 38.3. The molecule has 0 fully saturated rings. The summed E-state index contributed by atoms with van der Waals surface area (Å²) in [5.74, 6) is -1.20. The van der Waals surface area contributed by atoms with Gasteiger partial charge in [0.15, 0.2) is 0 Å². The molecular weight excluding hydrogens is 314 g/mol. The van der Waals surface area contributed by atoms with Gasteiger partial charge in [-0.2, -0.15) is 13.2 Å². The maximum absolute atomic E-state index is 12.8. The molecule has 0 aliphatic rings. The third-order valence-electron chi connectivity index (χ3n) is 2.46. The fraction of sp³-hybridized carbons (Fsp3) is 0.167. The second-order valence-corrected chi connectivity index (χ2v) is 4.60. The van der Waals surface area contributed by atoms with Crippen molar-refractivity contribution in [3.05, 3.63) is 40.1 Å². The number of benzene rings is 1. The first kappa shape index (κ1) is 14.9. The van der Waals surface area contributed by atoms with Crippen LogP contribution in [-0.4, -0.2) is 17.0 Å². The Morgan fingerprint density at radius 1 is 1.15 bits per heavy atom. The van der Waals surface area contributed by atoms with Gasteiger partial charge in [-0.15, -0.1) is 0 Å². The summed E-state index contributed by atoms with van der Waals surface area (Å²) in [4.78, 5) is 6.88. The maximum Gasteiger partial charge on any atom is 0.451 e. The van der Waals surface area contributed by atoms with Crippen molar-refractivity contribution in [3.8, 4) is 11.3 Å². The van der Waals surface area contributed by atoms with Gasteiger partial charge in [0.05, 0.1) is 15.7 Å². The quantitative estimate of drug-likeness (QED) is 0.884. The van der Waals surface area contributed by atoms with Crippen LogP contribution in [0.4, 0.5) is 19.0 Å². The van der Waals surface area contributed by atoms with Crippen LogP contribution in [0.3, 0.4) is 0 Å². The van der Waals surface area contributed by atoms with E-state index < -0.39 is 12.0 Å². The summed E-state index contributed by atoms with van der Waals surface area (Å²) in [5, 5.41) is 2.94. The van der Waals surface area contributed by atoms with Crippen LogP contribution in [0.1, 0.15) is 5.82 Å². The predicted octanol–water partition coefficient (Wildman–Crippen LogP) is 4.51. The zero-order chi connectivity index (χ0) is 14.9. The van der Waals surface area contributed by atoms with E-state index >= 15 is 0 Å². The van der Waals surface area contributed by atoms with Gasteiger partial charge in [0.2, 0.25) is 5.82 Å². The molecule has 0 aliphatic heterocycles. The Kier molecular flexibility index (Phi) is 4.06. The third-order valence-corrected chi connectivity index (χ3v) is 3.28. The van der Waals surface area contributed by atoms with Crippen LogP contribution in [0.25, 0.3) is 11.3 Å². The van der Waals surface area contributed by atoms with Crippen LogP contribution < -0.4 is 5.32 Å². The summed E-state index contributed by atoms with van der Waals surface area (Å²) in [6.45, 7) is 0. The summed E-state index contributed by atoms with van der Waals surface area (Å²) >= 11 is 11.8. The molecule has 0 saturated carbocycles. The highest BCUT2D eigenvalue weighted by atomic mass is 35.5. The molecule has 3 nitrogen and oxygen atoms in total. The molecule has 0 spiro atoms. The molecule has 0 saturated heterocycles. The first-order valence-corrected chi connectivity index (χ1v) is 6.17. The molecule has 0 bridgehead atoms. The molecule has 0 atom stereocenters. The smallest absolute Gasteiger partial charge is 0.373 e. The van der Waals surface area contributed by atoms with Gasteiger partial charge in [-0.1, -0.05) is 35.3 Å². The highest BCUT2D eigenvalue weighted by Gasteiger charge is 2.35. The van der Waals surface area contributed by atoms with E-state index in [9.17, 15) is 13.2 Å². The van der Waals surface area contributed by atoms with Crippen molar-refractivity contribution in [2.45, 2.75) is 6.18 Å². The second-order valence-electron chi connectivity index (χ2n) is 3.81. The van der Waals surface area contributed by atoms with Crippen LogP contribution in [-0.2, 0) is 6.18 Å². The topological polar surface area (TPSA) is 37.8 Å². The van der Waals surface area contributed by atoms with Crippen molar-refractivity contribution in [2.75, 3.05) is 12.4 Å². The lowest BCUT2D eigenvalue weighted by Crippen LogP contribution is -2.13. The average Bonchev–Trinajstić information content (AvgIpc) is 2.40. The molecule has 20 heavy (non-hydrogen) atoms. The van der Waals surface area contributed by atoms with Gasteiger partial charge in [-0.3, -0.25) is 0 Å². The normalized spacial score (nSPS) is 11.5. The van der Waals surface area contributed by atoms with Gasteiger partial charge in [-0.05, 0) is 6.07 Å². The number of halogens is 5. The van der Waals surface area contributed by atoms with Crippen LogP contribution >= 0.6 is 23.2 Å². The van der Waals surface area contributed by atoms with Gasteiger partial charge in [0.1, 0.15) is 5.82 Å². The lowest BCUT2D eigenvalue weighted by molar-refractivity contribution is -0.144. The van der Waals surface area contributed by atoms with E-state index in [4.69, 9.17) is 23.2 Å². The molecule has 2 rings (SSSR count). The summed E-state index contributed by atoms with van der Waals surface area (Å²) in [5.41, 5.74) is 0.354. The summed E-state index contributed by atoms with van der Waals surface area (Å²) in [7, 11) is 1.46. The number of hydrogen-bond donors (Lipinski definition) is 1. The number of hydrogen-bond acceptors (Lipinski definition) is 3. The number of nitrogens with zero attached hydrogens (tertiary/aromatic N) is 2. The Morgan fingerprint density at radius 2 is 1.85 bits per heavy atom. The molecule has 0 unspecified atom stereocenters. The number of aromatic nitrogens is 2. The zero-order valence-electron chi connectivity index (χ0n) is 10.1. The molecule has 1 heterocycles. The van der Waals surface area contributed by atoms with E-state index in [1.54, 1.807) is 6.07 Å². The molecule has 106 valence electrons. The standard InChI is InChI=1S/C12H8Cl2F3N3/c1-18-9-5-8(19-11(20-9)12(15,16)17)6-3-2-4-7(13)10(6)14/h2-5H,1H3,(H,18,19,20). The van der Waals surface area contributed by atoms with E-state index in [2.05, 4.69) is 15.3 Å². The maximum atomic E-state index is 12.8. The number of alkyl halides is 3. The minimum absolute atomic E-state index is 0.0402. The first-order chi connectivity index (χ1) is 9.32. The largest absolute Gasteiger partial charge is 0.451 e. The monoisotopic (exact) mass is 321 g/mol. The van der Waals surface area contributed by atoms with Gasteiger partial charge < -0.3 is 5.32 Å². The molecule has 0 amide bonds. The van der Waals surface area contributed by atoms with E-state index in [-0.39, 0.29) is 21.6 Å². The lowest BCUT2D eigenvalue weighted by Gasteiger charge is -2.11. The van der Waals surface area contributed by atoms with Crippen molar-refractivity contribution in [3.63, 3.8) is 0 Å². The molecule has 1 aromatic heterocycles. The van der Waals surface area contributed by atoms with Crippen LogP contribution in [0, 0.1) is 0 Å².